The van der Waals surface area contributed by atoms with E-state index in [1.54, 1.807) is 6.08 Å². The van der Waals surface area contributed by atoms with Crippen LogP contribution in [0.2, 0.25) is 0 Å². The Kier molecular flexibility index (Phi) is 5.22. The minimum absolute atomic E-state index is 0.436. The molecule has 3 nitrogen and oxygen atoms in total. The van der Waals surface area contributed by atoms with Crippen molar-refractivity contribution in [2.45, 2.75) is 20.3 Å². The molecule has 0 bridgehead atoms. The fourth-order valence-corrected chi connectivity index (χ4v) is 1.68. The second kappa shape index (κ2) is 6.45. The van der Waals surface area contributed by atoms with Crippen LogP contribution in [0, 0.1) is 6.92 Å². The third-order valence-corrected chi connectivity index (χ3v) is 3.36. The summed E-state index contributed by atoms with van der Waals surface area (Å²) in [5, 5.41) is 12.0. The van der Waals surface area contributed by atoms with Crippen molar-refractivity contribution >= 4 is 27.6 Å². The number of hydrogen-bond acceptors (Lipinski definition) is 2. The van der Waals surface area contributed by atoms with Gasteiger partial charge in [0.2, 0.25) is 0 Å². The molecule has 4 heteroatoms. The first-order chi connectivity index (χ1) is 8.04. The van der Waals surface area contributed by atoms with Gasteiger partial charge in [-0.05, 0) is 37.1 Å². The van der Waals surface area contributed by atoms with Gasteiger partial charge in [-0.1, -0.05) is 28.9 Å². The molecular formula is C13H16BrNO2. The first-order valence-corrected chi connectivity index (χ1v) is 6.26. The van der Waals surface area contributed by atoms with E-state index in [0.29, 0.717) is 18.5 Å². The summed E-state index contributed by atoms with van der Waals surface area (Å²) in [5.74, 6) is -0.846. The van der Waals surface area contributed by atoms with E-state index in [-0.39, 0.29) is 0 Å². The number of aliphatic carboxylic acids is 1. The van der Waals surface area contributed by atoms with E-state index in [1.807, 2.05) is 32.0 Å². The van der Waals surface area contributed by atoms with Crippen LogP contribution < -0.4 is 5.32 Å². The molecule has 0 fully saturated rings. The molecule has 0 saturated heterocycles. The van der Waals surface area contributed by atoms with Crippen molar-refractivity contribution in [2.24, 2.45) is 0 Å². The van der Waals surface area contributed by atoms with E-state index in [4.69, 9.17) is 5.11 Å². The van der Waals surface area contributed by atoms with Gasteiger partial charge in [0.05, 0.1) is 0 Å². The average molecular weight is 298 g/mol. The number of anilines is 1. The van der Waals surface area contributed by atoms with Crippen molar-refractivity contribution in [1.29, 1.82) is 0 Å². The summed E-state index contributed by atoms with van der Waals surface area (Å²) < 4.78 is 1.07. The van der Waals surface area contributed by atoms with Gasteiger partial charge in [0.15, 0.2) is 0 Å². The van der Waals surface area contributed by atoms with E-state index in [9.17, 15) is 4.79 Å². The molecule has 0 aromatic heterocycles. The van der Waals surface area contributed by atoms with E-state index in [0.717, 1.165) is 15.7 Å². The van der Waals surface area contributed by atoms with Gasteiger partial charge < -0.3 is 10.4 Å². The summed E-state index contributed by atoms with van der Waals surface area (Å²) in [5.41, 5.74) is 2.57. The smallest absolute Gasteiger partial charge is 0.331 e. The molecule has 0 heterocycles. The van der Waals surface area contributed by atoms with E-state index in [2.05, 4.69) is 21.2 Å². The molecule has 0 saturated carbocycles. The first-order valence-electron chi connectivity index (χ1n) is 5.47. The molecule has 1 aromatic rings. The van der Waals surface area contributed by atoms with Gasteiger partial charge in [0, 0.05) is 22.3 Å². The topological polar surface area (TPSA) is 49.3 Å². The summed E-state index contributed by atoms with van der Waals surface area (Å²) in [6, 6.07) is 5.95. The van der Waals surface area contributed by atoms with Crippen molar-refractivity contribution < 1.29 is 9.90 Å². The van der Waals surface area contributed by atoms with Gasteiger partial charge >= 0.3 is 5.97 Å². The highest BCUT2D eigenvalue weighted by Crippen LogP contribution is 2.19. The highest BCUT2D eigenvalue weighted by Gasteiger charge is 2.02. The van der Waals surface area contributed by atoms with Crippen LogP contribution in [0.4, 0.5) is 5.69 Å². The molecule has 0 aliphatic rings. The minimum Gasteiger partial charge on any atom is -0.478 e. The average Bonchev–Trinajstić information content (AvgIpc) is 2.28. The number of carboxylic acids is 1. The van der Waals surface area contributed by atoms with Crippen molar-refractivity contribution in [3.05, 3.63) is 39.9 Å². The standard InChI is InChI=1S/C13H16BrNO2/c1-3-10(13(16)17)6-7-15-11-4-5-12(14)9(2)8-11/h4-6,8,15H,3,7H2,1-2H3,(H,16,17)/b10-6-. The molecule has 0 aliphatic heterocycles. The summed E-state index contributed by atoms with van der Waals surface area (Å²) in [4.78, 5) is 10.8. The summed E-state index contributed by atoms with van der Waals surface area (Å²) in [6.07, 6.45) is 2.25. The molecule has 92 valence electrons. The quantitative estimate of drug-likeness (QED) is 0.817. The molecule has 17 heavy (non-hydrogen) atoms. The number of benzene rings is 1. The van der Waals surface area contributed by atoms with Crippen LogP contribution in [0.15, 0.2) is 34.3 Å². The lowest BCUT2D eigenvalue weighted by Crippen LogP contribution is -2.04. The van der Waals surface area contributed by atoms with Crippen LogP contribution in [0.25, 0.3) is 0 Å². The van der Waals surface area contributed by atoms with Gasteiger partial charge in [0.1, 0.15) is 0 Å². The lowest BCUT2D eigenvalue weighted by Gasteiger charge is -2.06. The predicted molar refractivity (Wildman–Crippen MR) is 73.4 cm³/mol. The first kappa shape index (κ1) is 13.8. The molecule has 0 radical (unpaired) electrons. The molecule has 0 unspecified atom stereocenters. The normalized spacial score (nSPS) is 11.4. The lowest BCUT2D eigenvalue weighted by molar-refractivity contribution is -0.132. The van der Waals surface area contributed by atoms with Crippen LogP contribution in [0.1, 0.15) is 18.9 Å². The zero-order chi connectivity index (χ0) is 12.8. The van der Waals surface area contributed by atoms with Crippen molar-refractivity contribution in [2.75, 3.05) is 11.9 Å². The Labute approximate surface area is 110 Å². The Morgan fingerprint density at radius 1 is 1.53 bits per heavy atom. The van der Waals surface area contributed by atoms with E-state index < -0.39 is 5.97 Å². The lowest BCUT2D eigenvalue weighted by atomic mass is 10.2. The Morgan fingerprint density at radius 3 is 2.76 bits per heavy atom. The largest absolute Gasteiger partial charge is 0.478 e. The van der Waals surface area contributed by atoms with Gasteiger partial charge in [-0.25, -0.2) is 4.79 Å². The fraction of sp³-hybridized carbons (Fsp3) is 0.308. The summed E-state index contributed by atoms with van der Waals surface area (Å²) >= 11 is 3.43. The maximum absolute atomic E-state index is 10.8. The molecule has 0 amide bonds. The van der Waals surface area contributed by atoms with E-state index >= 15 is 0 Å². The SMILES string of the molecule is CC/C(=C/CNc1ccc(Br)c(C)c1)C(=O)O. The Morgan fingerprint density at radius 2 is 2.24 bits per heavy atom. The Balaban J connectivity index is 2.61. The Hall–Kier alpha value is -1.29. The molecule has 1 aromatic carbocycles. The van der Waals surface area contributed by atoms with Gasteiger partial charge in [0.25, 0.3) is 0 Å². The van der Waals surface area contributed by atoms with Crippen LogP contribution in [0.5, 0.6) is 0 Å². The minimum atomic E-state index is -0.846. The van der Waals surface area contributed by atoms with E-state index in [1.165, 1.54) is 0 Å². The number of aryl methyl sites for hydroxylation is 1. The van der Waals surface area contributed by atoms with Crippen LogP contribution >= 0.6 is 15.9 Å². The van der Waals surface area contributed by atoms with Crippen LogP contribution in [-0.4, -0.2) is 17.6 Å². The number of hydrogen-bond donors (Lipinski definition) is 2. The number of carboxylic acid groups (broad SMARTS) is 1. The molecule has 2 N–H and O–H groups in total. The number of carbonyl (C=O) groups is 1. The second-order valence-electron chi connectivity index (χ2n) is 3.73. The monoisotopic (exact) mass is 297 g/mol. The van der Waals surface area contributed by atoms with Crippen LogP contribution in [0.3, 0.4) is 0 Å². The molecule has 0 spiro atoms. The molecule has 1 rings (SSSR count). The second-order valence-corrected chi connectivity index (χ2v) is 4.59. The van der Waals surface area contributed by atoms with Gasteiger partial charge in [-0.2, -0.15) is 0 Å². The van der Waals surface area contributed by atoms with Gasteiger partial charge in [-0.15, -0.1) is 0 Å². The summed E-state index contributed by atoms with van der Waals surface area (Å²) in [7, 11) is 0. The third kappa shape index (κ3) is 4.23. The number of rotatable bonds is 5. The molecular weight excluding hydrogens is 282 g/mol. The number of halogens is 1. The predicted octanol–water partition coefficient (Wildman–Crippen LogP) is 3.59. The highest BCUT2D eigenvalue weighted by molar-refractivity contribution is 9.10. The zero-order valence-electron chi connectivity index (χ0n) is 9.96. The number of nitrogens with one attached hydrogen (secondary N) is 1. The molecule has 0 atom stereocenters. The maximum atomic E-state index is 10.8. The third-order valence-electron chi connectivity index (χ3n) is 2.47. The zero-order valence-corrected chi connectivity index (χ0v) is 11.5. The highest BCUT2D eigenvalue weighted by atomic mass is 79.9. The van der Waals surface area contributed by atoms with Crippen molar-refractivity contribution in [1.82, 2.24) is 0 Å². The van der Waals surface area contributed by atoms with Crippen LogP contribution in [-0.2, 0) is 4.79 Å². The Bertz CT molecular complexity index is 441. The van der Waals surface area contributed by atoms with Crippen molar-refractivity contribution in [3.63, 3.8) is 0 Å². The maximum Gasteiger partial charge on any atom is 0.331 e. The molecule has 0 aliphatic carbocycles. The fourth-order valence-electron chi connectivity index (χ4n) is 1.43. The summed E-state index contributed by atoms with van der Waals surface area (Å²) in [6.45, 7) is 4.38. The van der Waals surface area contributed by atoms with Gasteiger partial charge in [-0.3, -0.25) is 0 Å². The van der Waals surface area contributed by atoms with Crippen molar-refractivity contribution in [3.8, 4) is 0 Å².